The van der Waals surface area contributed by atoms with Crippen molar-refractivity contribution in [2.24, 2.45) is 11.8 Å². The first-order chi connectivity index (χ1) is 15.2. The summed E-state index contributed by atoms with van der Waals surface area (Å²) >= 11 is 0. The molecule has 168 valence electrons. The van der Waals surface area contributed by atoms with Gasteiger partial charge >= 0.3 is 0 Å². The molecule has 0 bridgehead atoms. The van der Waals surface area contributed by atoms with Crippen LogP contribution in [-0.4, -0.2) is 15.3 Å². The first-order valence-electron chi connectivity index (χ1n) is 11.6. The van der Waals surface area contributed by atoms with Gasteiger partial charge in [0.25, 0.3) is 0 Å². The first-order valence-corrected chi connectivity index (χ1v) is 11.6. The third-order valence-corrected chi connectivity index (χ3v) is 7.54. The minimum Gasteiger partial charge on any atom is -0.508 e. The van der Waals surface area contributed by atoms with E-state index in [4.69, 9.17) is 0 Å². The number of hydrogen-bond acceptors (Lipinski definition) is 3. The third kappa shape index (κ3) is 4.34. The Hall–Kier alpha value is -2.94. The molecule has 1 saturated carbocycles. The summed E-state index contributed by atoms with van der Waals surface area (Å²) in [6.07, 6.45) is 3.37. The Bertz CT molecular complexity index is 1070. The van der Waals surface area contributed by atoms with Crippen molar-refractivity contribution in [2.75, 3.05) is 0 Å². The van der Waals surface area contributed by atoms with Crippen molar-refractivity contribution in [1.82, 2.24) is 0 Å². The van der Waals surface area contributed by atoms with E-state index in [-0.39, 0.29) is 5.92 Å². The lowest BCUT2D eigenvalue weighted by Gasteiger charge is -2.40. The predicted octanol–water partition coefficient (Wildman–Crippen LogP) is 7.08. The lowest BCUT2D eigenvalue weighted by molar-refractivity contribution is 0.210. The predicted molar refractivity (Wildman–Crippen MR) is 130 cm³/mol. The highest BCUT2D eigenvalue weighted by molar-refractivity contribution is 5.44. The Morgan fingerprint density at radius 3 is 1.69 bits per heavy atom. The summed E-state index contributed by atoms with van der Waals surface area (Å²) in [5, 5.41) is 30.2. The molecule has 3 unspecified atom stereocenters. The normalized spacial score (nSPS) is 21.1. The molecule has 1 aliphatic rings. The molecule has 0 spiro atoms. The molecule has 3 heteroatoms. The third-order valence-electron chi connectivity index (χ3n) is 7.54. The Morgan fingerprint density at radius 2 is 1.19 bits per heavy atom. The average Bonchev–Trinajstić information content (AvgIpc) is 2.76. The van der Waals surface area contributed by atoms with Crippen LogP contribution >= 0.6 is 0 Å². The van der Waals surface area contributed by atoms with E-state index in [9.17, 15) is 15.3 Å². The molecule has 3 aromatic carbocycles. The van der Waals surface area contributed by atoms with E-state index in [0.29, 0.717) is 35.0 Å². The second kappa shape index (κ2) is 8.90. The van der Waals surface area contributed by atoms with Crippen LogP contribution in [0.4, 0.5) is 0 Å². The van der Waals surface area contributed by atoms with Crippen molar-refractivity contribution >= 4 is 0 Å². The lowest BCUT2D eigenvalue weighted by Crippen LogP contribution is -2.28. The van der Waals surface area contributed by atoms with Gasteiger partial charge in [0.1, 0.15) is 17.2 Å². The van der Waals surface area contributed by atoms with Gasteiger partial charge in [-0.1, -0.05) is 43.3 Å². The molecular weight excluding hydrogens is 396 g/mol. The SMILES string of the molecule is Cc1cc(C2CCC(C)C(C(c3ccc(O)c(C)c3)c3ccc(O)c(C)c3)C2)ccc1O. The number of aryl methyl sites for hydroxylation is 3. The highest BCUT2D eigenvalue weighted by Gasteiger charge is 2.36. The molecule has 1 fully saturated rings. The van der Waals surface area contributed by atoms with Crippen LogP contribution in [0, 0.1) is 32.6 Å². The van der Waals surface area contributed by atoms with Crippen LogP contribution in [0.1, 0.15) is 71.4 Å². The molecular formula is C29H34O3. The van der Waals surface area contributed by atoms with Gasteiger partial charge in [-0.05, 0) is 109 Å². The first kappa shape index (κ1) is 22.3. The van der Waals surface area contributed by atoms with Gasteiger partial charge in [-0.25, -0.2) is 0 Å². The van der Waals surface area contributed by atoms with Gasteiger partial charge < -0.3 is 15.3 Å². The number of phenols is 3. The zero-order valence-electron chi connectivity index (χ0n) is 19.5. The second-order valence-corrected chi connectivity index (χ2v) is 9.77. The van der Waals surface area contributed by atoms with Crippen LogP contribution < -0.4 is 0 Å². The van der Waals surface area contributed by atoms with Crippen molar-refractivity contribution in [2.45, 2.75) is 58.8 Å². The van der Waals surface area contributed by atoms with Crippen LogP contribution in [0.5, 0.6) is 17.2 Å². The Morgan fingerprint density at radius 1 is 0.688 bits per heavy atom. The van der Waals surface area contributed by atoms with Gasteiger partial charge in [0.15, 0.2) is 0 Å². The average molecular weight is 431 g/mol. The minimum atomic E-state index is 0.185. The van der Waals surface area contributed by atoms with Gasteiger partial charge in [-0.2, -0.15) is 0 Å². The lowest BCUT2D eigenvalue weighted by atomic mass is 9.64. The van der Waals surface area contributed by atoms with E-state index < -0.39 is 0 Å². The van der Waals surface area contributed by atoms with Gasteiger partial charge in [0, 0.05) is 5.92 Å². The fourth-order valence-electron chi connectivity index (χ4n) is 5.49. The standard InChI is InChI=1S/C29H34O3/c1-17-5-6-22(21-7-10-26(30)18(2)13-21)16-25(17)29(23-8-11-27(31)19(3)14-23)24-9-12-28(32)20(4)15-24/h7-15,17,22,25,29-32H,5-6,16H2,1-4H3. The Labute approximate surface area is 191 Å². The fourth-order valence-corrected chi connectivity index (χ4v) is 5.49. The van der Waals surface area contributed by atoms with E-state index in [1.165, 1.54) is 16.7 Å². The van der Waals surface area contributed by atoms with Gasteiger partial charge in [-0.15, -0.1) is 0 Å². The molecule has 0 aliphatic heterocycles. The smallest absolute Gasteiger partial charge is 0.118 e. The van der Waals surface area contributed by atoms with E-state index in [1.54, 1.807) is 12.1 Å². The summed E-state index contributed by atoms with van der Waals surface area (Å²) in [4.78, 5) is 0. The van der Waals surface area contributed by atoms with Crippen LogP contribution in [0.25, 0.3) is 0 Å². The van der Waals surface area contributed by atoms with Crippen LogP contribution in [-0.2, 0) is 0 Å². The number of benzene rings is 3. The second-order valence-electron chi connectivity index (χ2n) is 9.77. The summed E-state index contributed by atoms with van der Waals surface area (Å²) < 4.78 is 0. The maximum atomic E-state index is 10.1. The van der Waals surface area contributed by atoms with E-state index in [0.717, 1.165) is 36.0 Å². The molecule has 0 aromatic heterocycles. The van der Waals surface area contributed by atoms with Crippen molar-refractivity contribution in [1.29, 1.82) is 0 Å². The summed E-state index contributed by atoms with van der Waals surface area (Å²) in [5.41, 5.74) is 6.43. The summed E-state index contributed by atoms with van der Waals surface area (Å²) in [7, 11) is 0. The van der Waals surface area contributed by atoms with Crippen molar-refractivity contribution < 1.29 is 15.3 Å². The summed E-state index contributed by atoms with van der Waals surface area (Å²) in [5.74, 6) is 2.62. The highest BCUT2D eigenvalue weighted by Crippen LogP contribution is 2.49. The van der Waals surface area contributed by atoms with Crippen LogP contribution in [0.3, 0.4) is 0 Å². The maximum absolute atomic E-state index is 10.1. The zero-order valence-corrected chi connectivity index (χ0v) is 19.5. The van der Waals surface area contributed by atoms with Gasteiger partial charge in [0.2, 0.25) is 0 Å². The fraction of sp³-hybridized carbons (Fsp3) is 0.379. The van der Waals surface area contributed by atoms with Crippen LogP contribution in [0.2, 0.25) is 0 Å². The molecule has 4 rings (SSSR count). The number of phenolic OH excluding ortho intramolecular Hbond substituents is 3. The molecule has 0 radical (unpaired) electrons. The highest BCUT2D eigenvalue weighted by atomic mass is 16.3. The molecule has 0 heterocycles. The van der Waals surface area contributed by atoms with Gasteiger partial charge in [-0.3, -0.25) is 0 Å². The Kier molecular flexibility index (Phi) is 6.19. The monoisotopic (exact) mass is 430 g/mol. The molecule has 0 saturated heterocycles. The topological polar surface area (TPSA) is 60.7 Å². The summed E-state index contributed by atoms with van der Waals surface area (Å²) in [6, 6.07) is 18.0. The number of hydrogen-bond donors (Lipinski definition) is 3. The van der Waals surface area contributed by atoms with E-state index >= 15 is 0 Å². The molecule has 3 N–H and O–H groups in total. The summed E-state index contributed by atoms with van der Waals surface area (Å²) in [6.45, 7) is 8.22. The maximum Gasteiger partial charge on any atom is 0.118 e. The van der Waals surface area contributed by atoms with E-state index in [2.05, 4.69) is 43.3 Å². The zero-order chi connectivity index (χ0) is 23.0. The Balaban J connectivity index is 1.76. The number of rotatable bonds is 4. The molecule has 1 aliphatic carbocycles. The van der Waals surface area contributed by atoms with E-state index in [1.807, 2.05) is 26.8 Å². The molecule has 3 atom stereocenters. The minimum absolute atomic E-state index is 0.185. The number of aromatic hydroxyl groups is 3. The molecule has 3 nitrogen and oxygen atoms in total. The van der Waals surface area contributed by atoms with Crippen molar-refractivity contribution in [3.63, 3.8) is 0 Å². The molecule has 32 heavy (non-hydrogen) atoms. The quantitative estimate of drug-likeness (QED) is 0.414. The van der Waals surface area contributed by atoms with Crippen molar-refractivity contribution in [3.05, 3.63) is 88.0 Å². The molecule has 0 amide bonds. The van der Waals surface area contributed by atoms with Gasteiger partial charge in [0.05, 0.1) is 0 Å². The van der Waals surface area contributed by atoms with Crippen molar-refractivity contribution in [3.8, 4) is 17.2 Å². The van der Waals surface area contributed by atoms with Crippen LogP contribution in [0.15, 0.2) is 54.6 Å². The molecule has 3 aromatic rings. The largest absolute Gasteiger partial charge is 0.508 e.